The van der Waals surface area contributed by atoms with E-state index in [2.05, 4.69) is 6.92 Å². The molecule has 2 aliphatic rings. The second-order valence-corrected chi connectivity index (χ2v) is 3.92. The van der Waals surface area contributed by atoms with Gasteiger partial charge in [0.05, 0.1) is 0 Å². The van der Waals surface area contributed by atoms with E-state index in [-0.39, 0.29) is 0 Å². The van der Waals surface area contributed by atoms with E-state index in [0.29, 0.717) is 17.6 Å². The van der Waals surface area contributed by atoms with E-state index in [9.17, 15) is 4.79 Å². The minimum atomic E-state index is 0.473. The summed E-state index contributed by atoms with van der Waals surface area (Å²) in [7, 11) is 0. The summed E-state index contributed by atoms with van der Waals surface area (Å²) >= 11 is 0. The zero-order valence-electron chi connectivity index (χ0n) is 6.47. The first kappa shape index (κ1) is 6.38. The Morgan fingerprint density at radius 2 is 2.20 bits per heavy atom. The molecule has 1 nitrogen and oxygen atoms in total. The van der Waals surface area contributed by atoms with Crippen LogP contribution in [-0.2, 0) is 4.79 Å². The molecule has 0 aromatic heterocycles. The second-order valence-electron chi connectivity index (χ2n) is 3.92. The van der Waals surface area contributed by atoms with Crippen molar-refractivity contribution in [1.82, 2.24) is 0 Å². The number of ketones is 1. The first-order valence-electron chi connectivity index (χ1n) is 4.30. The monoisotopic (exact) mass is 138 g/mol. The highest BCUT2D eigenvalue weighted by molar-refractivity contribution is 5.82. The van der Waals surface area contributed by atoms with Gasteiger partial charge >= 0.3 is 0 Å². The first-order chi connectivity index (χ1) is 4.77. The minimum absolute atomic E-state index is 0.473. The molecule has 2 saturated carbocycles. The van der Waals surface area contributed by atoms with Crippen LogP contribution < -0.4 is 0 Å². The standard InChI is InChI=1S/C9H14O/c1-6-4-9(10)8-3-2-7(6)5-8/h6-8H,2-5H2,1H3/t6-,7-,8+/m1/s1. The van der Waals surface area contributed by atoms with Crippen LogP contribution in [0.3, 0.4) is 0 Å². The Labute approximate surface area is 61.8 Å². The van der Waals surface area contributed by atoms with E-state index in [1.165, 1.54) is 19.3 Å². The van der Waals surface area contributed by atoms with E-state index < -0.39 is 0 Å². The Morgan fingerprint density at radius 3 is 3.00 bits per heavy atom. The van der Waals surface area contributed by atoms with Crippen molar-refractivity contribution in [2.24, 2.45) is 17.8 Å². The lowest BCUT2D eigenvalue weighted by atomic mass is 9.80. The topological polar surface area (TPSA) is 17.1 Å². The van der Waals surface area contributed by atoms with Gasteiger partial charge in [-0.05, 0) is 31.1 Å². The molecule has 2 fully saturated rings. The normalized spacial score (nSPS) is 46.1. The van der Waals surface area contributed by atoms with Gasteiger partial charge in [0.1, 0.15) is 5.78 Å². The Kier molecular flexibility index (Phi) is 1.33. The average molecular weight is 138 g/mol. The number of hydrogen-bond acceptors (Lipinski definition) is 1. The quantitative estimate of drug-likeness (QED) is 0.500. The third-order valence-corrected chi connectivity index (χ3v) is 3.26. The Balaban J connectivity index is 2.16. The number of rotatable bonds is 0. The van der Waals surface area contributed by atoms with Gasteiger partial charge in [-0.15, -0.1) is 0 Å². The molecule has 0 unspecified atom stereocenters. The van der Waals surface area contributed by atoms with E-state index in [0.717, 1.165) is 12.3 Å². The van der Waals surface area contributed by atoms with Gasteiger partial charge in [0, 0.05) is 12.3 Å². The van der Waals surface area contributed by atoms with Crippen molar-refractivity contribution in [1.29, 1.82) is 0 Å². The second kappa shape index (κ2) is 2.08. The van der Waals surface area contributed by atoms with E-state index in [4.69, 9.17) is 0 Å². The molecule has 0 N–H and O–H groups in total. The number of carbonyl (C=O) groups excluding carboxylic acids is 1. The van der Waals surface area contributed by atoms with Crippen LogP contribution in [0.1, 0.15) is 32.6 Å². The van der Waals surface area contributed by atoms with Crippen LogP contribution in [0.15, 0.2) is 0 Å². The van der Waals surface area contributed by atoms with Crippen molar-refractivity contribution in [3.63, 3.8) is 0 Å². The molecule has 0 aliphatic heterocycles. The van der Waals surface area contributed by atoms with Crippen molar-refractivity contribution in [3.05, 3.63) is 0 Å². The van der Waals surface area contributed by atoms with E-state index in [1.807, 2.05) is 0 Å². The van der Waals surface area contributed by atoms with Gasteiger partial charge in [-0.1, -0.05) is 6.92 Å². The Morgan fingerprint density at radius 1 is 1.40 bits per heavy atom. The molecule has 0 amide bonds. The molecule has 2 bridgehead atoms. The Hall–Kier alpha value is -0.330. The molecule has 10 heavy (non-hydrogen) atoms. The molecular formula is C9H14O. The zero-order chi connectivity index (χ0) is 7.14. The van der Waals surface area contributed by atoms with Gasteiger partial charge in [-0.2, -0.15) is 0 Å². The van der Waals surface area contributed by atoms with Gasteiger partial charge in [-0.25, -0.2) is 0 Å². The maximum Gasteiger partial charge on any atom is 0.136 e. The summed E-state index contributed by atoms with van der Waals surface area (Å²) in [6, 6.07) is 0. The van der Waals surface area contributed by atoms with Crippen LogP contribution in [0.25, 0.3) is 0 Å². The number of hydrogen-bond donors (Lipinski definition) is 0. The van der Waals surface area contributed by atoms with Gasteiger partial charge in [0.2, 0.25) is 0 Å². The summed E-state index contributed by atoms with van der Waals surface area (Å²) in [5.74, 6) is 2.59. The number of Topliss-reactive ketones (excluding diaryl/α,β-unsaturated/α-hetero) is 1. The maximum absolute atomic E-state index is 11.3. The molecule has 2 aliphatic carbocycles. The fourth-order valence-electron chi connectivity index (χ4n) is 2.48. The molecule has 0 aromatic rings. The van der Waals surface area contributed by atoms with E-state index >= 15 is 0 Å². The highest BCUT2D eigenvalue weighted by Gasteiger charge is 2.38. The lowest BCUT2D eigenvalue weighted by Crippen LogP contribution is -2.23. The molecule has 0 saturated heterocycles. The first-order valence-corrected chi connectivity index (χ1v) is 4.30. The lowest BCUT2D eigenvalue weighted by Gasteiger charge is -2.23. The van der Waals surface area contributed by atoms with E-state index in [1.54, 1.807) is 0 Å². The van der Waals surface area contributed by atoms with Gasteiger partial charge in [0.15, 0.2) is 0 Å². The van der Waals surface area contributed by atoms with Gasteiger partial charge in [0.25, 0.3) is 0 Å². The fraction of sp³-hybridized carbons (Fsp3) is 0.889. The molecule has 2 rings (SSSR count). The summed E-state index contributed by atoms with van der Waals surface area (Å²) in [4.78, 5) is 11.3. The van der Waals surface area contributed by atoms with Crippen molar-refractivity contribution in [2.75, 3.05) is 0 Å². The largest absolute Gasteiger partial charge is 0.299 e. The summed E-state index contributed by atoms with van der Waals surface area (Å²) in [6.07, 6.45) is 4.58. The van der Waals surface area contributed by atoms with Crippen LogP contribution in [0.2, 0.25) is 0 Å². The maximum atomic E-state index is 11.3. The molecular weight excluding hydrogens is 124 g/mol. The van der Waals surface area contributed by atoms with Crippen LogP contribution in [0, 0.1) is 17.8 Å². The number of fused-ring (bicyclic) bond motifs is 2. The van der Waals surface area contributed by atoms with Crippen LogP contribution in [0.5, 0.6) is 0 Å². The molecule has 1 heteroatoms. The SMILES string of the molecule is C[C@@H]1CC(=O)[C@H]2CC[C@@H]1C2. The van der Waals surface area contributed by atoms with Gasteiger partial charge < -0.3 is 0 Å². The molecule has 0 aromatic carbocycles. The third kappa shape index (κ3) is 0.799. The van der Waals surface area contributed by atoms with Gasteiger partial charge in [-0.3, -0.25) is 4.79 Å². The summed E-state index contributed by atoms with van der Waals surface area (Å²) in [5, 5.41) is 0. The molecule has 3 atom stereocenters. The minimum Gasteiger partial charge on any atom is -0.299 e. The van der Waals surface area contributed by atoms with Crippen molar-refractivity contribution in [3.8, 4) is 0 Å². The Bertz CT molecular complexity index is 162. The molecule has 56 valence electrons. The zero-order valence-corrected chi connectivity index (χ0v) is 6.47. The summed E-state index contributed by atoms with van der Waals surface area (Å²) < 4.78 is 0. The van der Waals surface area contributed by atoms with Crippen molar-refractivity contribution >= 4 is 5.78 Å². The van der Waals surface area contributed by atoms with Crippen molar-refractivity contribution in [2.45, 2.75) is 32.6 Å². The summed E-state index contributed by atoms with van der Waals surface area (Å²) in [6.45, 7) is 2.23. The smallest absolute Gasteiger partial charge is 0.136 e. The molecule has 0 spiro atoms. The third-order valence-electron chi connectivity index (χ3n) is 3.26. The highest BCUT2D eigenvalue weighted by atomic mass is 16.1. The predicted octanol–water partition coefficient (Wildman–Crippen LogP) is 2.01. The van der Waals surface area contributed by atoms with Crippen LogP contribution in [-0.4, -0.2) is 5.78 Å². The van der Waals surface area contributed by atoms with Crippen molar-refractivity contribution < 1.29 is 4.79 Å². The lowest BCUT2D eigenvalue weighted by molar-refractivity contribution is -0.125. The fourth-order valence-corrected chi connectivity index (χ4v) is 2.48. The van der Waals surface area contributed by atoms with Crippen LogP contribution >= 0.6 is 0 Å². The highest BCUT2D eigenvalue weighted by Crippen LogP contribution is 2.42. The molecule has 0 radical (unpaired) electrons. The predicted molar refractivity (Wildman–Crippen MR) is 39.6 cm³/mol. The summed E-state index contributed by atoms with van der Waals surface area (Å²) in [5.41, 5.74) is 0. The van der Waals surface area contributed by atoms with Crippen LogP contribution in [0.4, 0.5) is 0 Å². The average Bonchev–Trinajstić information content (AvgIpc) is 2.28. The number of carbonyl (C=O) groups is 1. The molecule has 0 heterocycles.